The molecule has 0 bridgehead atoms. The number of nitrogens with one attached hydrogen (secondary N) is 1. The molecule has 1 aliphatic heterocycles. The van der Waals surface area contributed by atoms with Crippen molar-refractivity contribution in [2.24, 2.45) is 0 Å². The summed E-state index contributed by atoms with van der Waals surface area (Å²) in [6.45, 7) is 3.93. The van der Waals surface area contributed by atoms with Gasteiger partial charge in [-0.05, 0) is 31.5 Å². The molecule has 1 aliphatic rings. The Morgan fingerprint density at radius 3 is 2.53 bits per heavy atom. The molecular weight excluding hydrogens is 240 g/mol. The van der Waals surface area contributed by atoms with Gasteiger partial charge in [-0.1, -0.05) is 36.8 Å². The van der Waals surface area contributed by atoms with E-state index in [1.54, 1.807) is 0 Å². The minimum Gasteiger partial charge on any atom is -0.480 e. The Morgan fingerprint density at radius 2 is 1.89 bits per heavy atom. The quantitative estimate of drug-likeness (QED) is 0.822. The van der Waals surface area contributed by atoms with Crippen molar-refractivity contribution in [3.05, 3.63) is 35.9 Å². The third-order valence-corrected chi connectivity index (χ3v) is 3.61. The van der Waals surface area contributed by atoms with E-state index in [1.165, 1.54) is 19.3 Å². The van der Waals surface area contributed by atoms with Gasteiger partial charge in [0.1, 0.15) is 6.04 Å². The molecule has 4 nitrogen and oxygen atoms in total. The van der Waals surface area contributed by atoms with Crippen molar-refractivity contribution in [3.63, 3.8) is 0 Å². The van der Waals surface area contributed by atoms with Crippen molar-refractivity contribution >= 4 is 5.97 Å². The van der Waals surface area contributed by atoms with E-state index in [1.807, 2.05) is 30.3 Å². The van der Waals surface area contributed by atoms with Gasteiger partial charge in [0.05, 0.1) is 0 Å². The first-order chi connectivity index (χ1) is 9.27. The Morgan fingerprint density at radius 1 is 1.21 bits per heavy atom. The van der Waals surface area contributed by atoms with Crippen LogP contribution in [0, 0.1) is 0 Å². The normalized spacial score (nSPS) is 18.1. The summed E-state index contributed by atoms with van der Waals surface area (Å²) in [4.78, 5) is 13.7. The molecule has 4 heteroatoms. The van der Waals surface area contributed by atoms with E-state index in [9.17, 15) is 9.90 Å². The standard InChI is InChI=1S/C15H22N2O2/c18-15(19)14(13-7-3-1-4-8-13)16-9-12-17-10-5-2-6-11-17/h1,3-4,7-8,14,16H,2,5-6,9-12H2,(H,18,19). The second-order valence-electron chi connectivity index (χ2n) is 5.04. The van der Waals surface area contributed by atoms with Gasteiger partial charge in [0, 0.05) is 13.1 Å². The predicted octanol–water partition coefficient (Wildman–Crippen LogP) is 1.89. The summed E-state index contributed by atoms with van der Waals surface area (Å²) in [5.74, 6) is -0.815. The highest BCUT2D eigenvalue weighted by Crippen LogP contribution is 2.13. The lowest BCUT2D eigenvalue weighted by Gasteiger charge is -2.27. The van der Waals surface area contributed by atoms with Crippen LogP contribution in [0.15, 0.2) is 30.3 Å². The van der Waals surface area contributed by atoms with Crippen molar-refractivity contribution in [3.8, 4) is 0 Å². The van der Waals surface area contributed by atoms with Crippen LogP contribution in [0.2, 0.25) is 0 Å². The average Bonchev–Trinajstić information content (AvgIpc) is 2.45. The van der Waals surface area contributed by atoms with Gasteiger partial charge in [-0.3, -0.25) is 10.1 Å². The molecule has 1 heterocycles. The Balaban J connectivity index is 1.82. The summed E-state index contributed by atoms with van der Waals surface area (Å²) in [5, 5.41) is 12.4. The first-order valence-corrected chi connectivity index (χ1v) is 7.01. The molecule has 19 heavy (non-hydrogen) atoms. The number of hydrogen-bond donors (Lipinski definition) is 2. The Bertz CT molecular complexity index is 388. The zero-order valence-corrected chi connectivity index (χ0v) is 11.2. The van der Waals surface area contributed by atoms with Crippen LogP contribution in [0.1, 0.15) is 30.9 Å². The number of rotatable bonds is 6. The molecule has 104 valence electrons. The molecule has 0 spiro atoms. The van der Waals surface area contributed by atoms with Crippen LogP contribution in [-0.4, -0.2) is 42.2 Å². The van der Waals surface area contributed by atoms with Gasteiger partial charge < -0.3 is 10.0 Å². The summed E-state index contributed by atoms with van der Waals surface area (Å²) in [5.41, 5.74) is 0.814. The number of likely N-dealkylation sites (tertiary alicyclic amines) is 1. The van der Waals surface area contributed by atoms with E-state index in [0.29, 0.717) is 6.54 Å². The summed E-state index contributed by atoms with van der Waals surface area (Å²) < 4.78 is 0. The Hall–Kier alpha value is -1.39. The fourth-order valence-corrected chi connectivity index (χ4v) is 2.54. The van der Waals surface area contributed by atoms with Gasteiger partial charge in [0.2, 0.25) is 0 Å². The molecule has 1 unspecified atom stereocenters. The van der Waals surface area contributed by atoms with Gasteiger partial charge in [-0.2, -0.15) is 0 Å². The zero-order valence-electron chi connectivity index (χ0n) is 11.2. The number of carboxylic acid groups (broad SMARTS) is 1. The number of aliphatic carboxylic acids is 1. The van der Waals surface area contributed by atoms with Crippen molar-refractivity contribution in [1.29, 1.82) is 0 Å². The summed E-state index contributed by atoms with van der Waals surface area (Å²) in [6, 6.07) is 8.75. The maximum Gasteiger partial charge on any atom is 0.325 e. The lowest BCUT2D eigenvalue weighted by atomic mass is 10.1. The van der Waals surface area contributed by atoms with E-state index >= 15 is 0 Å². The van der Waals surface area contributed by atoms with Crippen molar-refractivity contribution < 1.29 is 9.90 Å². The van der Waals surface area contributed by atoms with E-state index < -0.39 is 12.0 Å². The van der Waals surface area contributed by atoms with Crippen molar-refractivity contribution in [2.75, 3.05) is 26.2 Å². The van der Waals surface area contributed by atoms with Crippen LogP contribution in [0.25, 0.3) is 0 Å². The molecule has 2 N–H and O–H groups in total. The van der Waals surface area contributed by atoms with Crippen molar-refractivity contribution in [1.82, 2.24) is 10.2 Å². The third-order valence-electron chi connectivity index (χ3n) is 3.61. The first-order valence-electron chi connectivity index (χ1n) is 7.01. The van der Waals surface area contributed by atoms with Crippen LogP contribution in [0.5, 0.6) is 0 Å². The van der Waals surface area contributed by atoms with E-state index in [-0.39, 0.29) is 0 Å². The monoisotopic (exact) mass is 262 g/mol. The van der Waals surface area contributed by atoms with E-state index in [0.717, 1.165) is 25.2 Å². The molecule has 1 fully saturated rings. The number of carboxylic acids is 1. The van der Waals surface area contributed by atoms with E-state index in [4.69, 9.17) is 0 Å². The van der Waals surface area contributed by atoms with Gasteiger partial charge in [-0.15, -0.1) is 0 Å². The molecule has 1 aromatic carbocycles. The van der Waals surface area contributed by atoms with Crippen LogP contribution in [0.4, 0.5) is 0 Å². The van der Waals surface area contributed by atoms with Crippen LogP contribution < -0.4 is 5.32 Å². The molecule has 1 atom stereocenters. The summed E-state index contributed by atoms with van der Waals surface area (Å²) in [7, 11) is 0. The van der Waals surface area contributed by atoms with Crippen LogP contribution >= 0.6 is 0 Å². The van der Waals surface area contributed by atoms with Gasteiger partial charge in [0.15, 0.2) is 0 Å². The van der Waals surface area contributed by atoms with E-state index in [2.05, 4.69) is 10.2 Å². The highest BCUT2D eigenvalue weighted by Gasteiger charge is 2.19. The molecular formula is C15H22N2O2. The molecule has 0 amide bonds. The minimum atomic E-state index is -0.815. The maximum absolute atomic E-state index is 11.3. The lowest BCUT2D eigenvalue weighted by Crippen LogP contribution is -2.38. The lowest BCUT2D eigenvalue weighted by molar-refractivity contribution is -0.139. The molecule has 1 aromatic rings. The number of benzene rings is 1. The average molecular weight is 262 g/mol. The fourth-order valence-electron chi connectivity index (χ4n) is 2.54. The Labute approximate surface area is 114 Å². The fraction of sp³-hybridized carbons (Fsp3) is 0.533. The van der Waals surface area contributed by atoms with Crippen LogP contribution in [-0.2, 0) is 4.79 Å². The van der Waals surface area contributed by atoms with Gasteiger partial charge >= 0.3 is 5.97 Å². The second-order valence-corrected chi connectivity index (χ2v) is 5.04. The largest absolute Gasteiger partial charge is 0.480 e. The SMILES string of the molecule is O=C(O)C(NCCN1CCCCC1)c1ccccc1. The molecule has 1 saturated heterocycles. The second kappa shape index (κ2) is 7.26. The predicted molar refractivity (Wildman–Crippen MR) is 75.1 cm³/mol. The topological polar surface area (TPSA) is 52.6 Å². The van der Waals surface area contributed by atoms with Crippen molar-refractivity contribution in [2.45, 2.75) is 25.3 Å². The number of nitrogens with zero attached hydrogens (tertiary/aromatic N) is 1. The Kier molecular flexibility index (Phi) is 5.36. The summed E-state index contributed by atoms with van der Waals surface area (Å²) >= 11 is 0. The summed E-state index contributed by atoms with van der Waals surface area (Å²) in [6.07, 6.45) is 3.85. The zero-order chi connectivity index (χ0) is 13.5. The first kappa shape index (κ1) is 14.0. The number of hydrogen-bond acceptors (Lipinski definition) is 3. The maximum atomic E-state index is 11.3. The number of carbonyl (C=O) groups is 1. The number of piperidine rings is 1. The minimum absolute atomic E-state index is 0.606. The molecule has 0 aliphatic carbocycles. The highest BCUT2D eigenvalue weighted by molar-refractivity contribution is 5.75. The molecule has 0 aromatic heterocycles. The molecule has 2 rings (SSSR count). The smallest absolute Gasteiger partial charge is 0.325 e. The van der Waals surface area contributed by atoms with Gasteiger partial charge in [0.25, 0.3) is 0 Å². The molecule has 0 radical (unpaired) electrons. The third kappa shape index (κ3) is 4.33. The highest BCUT2D eigenvalue weighted by atomic mass is 16.4. The van der Waals surface area contributed by atoms with Gasteiger partial charge in [-0.25, -0.2) is 0 Å². The van der Waals surface area contributed by atoms with Crippen LogP contribution in [0.3, 0.4) is 0 Å². The molecule has 0 saturated carbocycles.